The minimum atomic E-state index is -0.622. The van der Waals surface area contributed by atoms with E-state index in [9.17, 15) is 5.11 Å². The summed E-state index contributed by atoms with van der Waals surface area (Å²) < 4.78 is 5.12. The number of aliphatic hydroxyl groups excluding tert-OH is 1. The fraction of sp³-hybridized carbons (Fsp3) is 0.471. The molecule has 22 heavy (non-hydrogen) atoms. The number of hydrogen-bond donors (Lipinski definition) is 3. The van der Waals surface area contributed by atoms with Gasteiger partial charge in [-0.15, -0.1) is 0 Å². The van der Waals surface area contributed by atoms with Crippen molar-refractivity contribution in [1.29, 1.82) is 0 Å². The van der Waals surface area contributed by atoms with E-state index in [0.29, 0.717) is 12.6 Å². The molecule has 0 bridgehead atoms. The van der Waals surface area contributed by atoms with E-state index in [1.807, 2.05) is 31.2 Å². The molecule has 2 rings (SSSR count). The molecule has 0 amide bonds. The number of ether oxygens (including phenoxy) is 1. The Morgan fingerprint density at radius 1 is 1.32 bits per heavy atom. The predicted molar refractivity (Wildman–Crippen MR) is 89.2 cm³/mol. The van der Waals surface area contributed by atoms with Gasteiger partial charge >= 0.3 is 0 Å². The zero-order chi connectivity index (χ0) is 15.8. The number of guanidine groups is 1. The van der Waals surface area contributed by atoms with Crippen LogP contribution in [0.15, 0.2) is 41.4 Å². The van der Waals surface area contributed by atoms with Gasteiger partial charge in [0.25, 0.3) is 0 Å². The fourth-order valence-electron chi connectivity index (χ4n) is 2.36. The molecule has 0 radical (unpaired) electrons. The number of nitrogens with one attached hydrogen (secondary N) is 2. The molecule has 5 heteroatoms. The molecular weight excluding hydrogens is 278 g/mol. The van der Waals surface area contributed by atoms with Crippen molar-refractivity contribution in [2.24, 2.45) is 4.99 Å². The lowest BCUT2D eigenvalue weighted by Gasteiger charge is -2.17. The van der Waals surface area contributed by atoms with E-state index in [2.05, 4.69) is 27.8 Å². The number of rotatable bonds is 6. The van der Waals surface area contributed by atoms with Gasteiger partial charge in [0.1, 0.15) is 5.75 Å². The van der Waals surface area contributed by atoms with Gasteiger partial charge in [-0.2, -0.15) is 0 Å². The first-order chi connectivity index (χ1) is 10.7. The first-order valence-electron chi connectivity index (χ1n) is 7.74. The molecule has 0 fully saturated rings. The Hall–Kier alpha value is -2.01. The van der Waals surface area contributed by atoms with Crippen molar-refractivity contribution in [3.05, 3.63) is 42.0 Å². The normalized spacial score (nSPS) is 16.6. The van der Waals surface area contributed by atoms with Crippen LogP contribution < -0.4 is 15.4 Å². The van der Waals surface area contributed by atoms with Crippen LogP contribution in [0.2, 0.25) is 0 Å². The van der Waals surface area contributed by atoms with Crippen molar-refractivity contribution in [3.8, 4) is 5.75 Å². The maximum atomic E-state index is 10.2. The van der Waals surface area contributed by atoms with Crippen molar-refractivity contribution in [2.45, 2.75) is 31.9 Å². The van der Waals surface area contributed by atoms with Crippen molar-refractivity contribution in [3.63, 3.8) is 0 Å². The van der Waals surface area contributed by atoms with Crippen molar-refractivity contribution >= 4 is 5.96 Å². The fourth-order valence-corrected chi connectivity index (χ4v) is 2.36. The highest BCUT2D eigenvalue weighted by molar-refractivity contribution is 5.80. The largest absolute Gasteiger partial charge is 0.497 e. The summed E-state index contributed by atoms with van der Waals surface area (Å²) in [7, 11) is 1.63. The van der Waals surface area contributed by atoms with Gasteiger partial charge in [-0.3, -0.25) is 4.99 Å². The van der Waals surface area contributed by atoms with E-state index in [0.717, 1.165) is 36.7 Å². The zero-order valence-corrected chi connectivity index (χ0v) is 13.2. The summed E-state index contributed by atoms with van der Waals surface area (Å²) in [4.78, 5) is 4.48. The van der Waals surface area contributed by atoms with Crippen LogP contribution in [0.5, 0.6) is 5.75 Å². The number of nitrogens with zero attached hydrogens (tertiary/aromatic N) is 1. The number of aliphatic imine (C=N–C) groups is 1. The third-order valence-electron chi connectivity index (χ3n) is 3.62. The highest BCUT2D eigenvalue weighted by atomic mass is 16.5. The maximum Gasteiger partial charge on any atom is 0.191 e. The molecule has 0 saturated heterocycles. The first-order valence-corrected chi connectivity index (χ1v) is 7.74. The quantitative estimate of drug-likeness (QED) is 0.427. The molecule has 1 aliphatic carbocycles. The molecule has 3 N–H and O–H groups in total. The first kappa shape index (κ1) is 16.4. The van der Waals surface area contributed by atoms with Crippen molar-refractivity contribution < 1.29 is 9.84 Å². The van der Waals surface area contributed by atoms with E-state index in [4.69, 9.17) is 4.74 Å². The lowest BCUT2D eigenvalue weighted by atomic mass is 10.1. The van der Waals surface area contributed by atoms with Crippen molar-refractivity contribution in [2.75, 3.05) is 20.2 Å². The molecule has 0 aliphatic heterocycles. The van der Waals surface area contributed by atoms with Crippen LogP contribution >= 0.6 is 0 Å². The van der Waals surface area contributed by atoms with Crippen LogP contribution in [0.25, 0.3) is 0 Å². The highest BCUT2D eigenvalue weighted by Gasteiger charge is 2.12. The van der Waals surface area contributed by atoms with Gasteiger partial charge in [0.15, 0.2) is 5.96 Å². The maximum absolute atomic E-state index is 10.2. The van der Waals surface area contributed by atoms with Gasteiger partial charge in [0.05, 0.1) is 19.8 Å². The monoisotopic (exact) mass is 303 g/mol. The zero-order valence-electron chi connectivity index (χ0n) is 13.2. The average molecular weight is 303 g/mol. The van der Waals surface area contributed by atoms with Crippen LogP contribution in [-0.4, -0.2) is 37.3 Å². The Bertz CT molecular complexity index is 503. The molecule has 0 aromatic heterocycles. The minimum absolute atomic E-state index is 0.321. The Labute approximate surface area is 132 Å². The Morgan fingerprint density at radius 3 is 2.59 bits per heavy atom. The summed E-state index contributed by atoms with van der Waals surface area (Å²) >= 11 is 0. The predicted octanol–water partition coefficient (Wildman–Crippen LogP) is 2.00. The summed E-state index contributed by atoms with van der Waals surface area (Å²) in [5.74, 6) is 1.53. The molecule has 1 unspecified atom stereocenters. The highest BCUT2D eigenvalue weighted by Crippen LogP contribution is 2.17. The minimum Gasteiger partial charge on any atom is -0.497 e. The van der Waals surface area contributed by atoms with E-state index in [-0.39, 0.29) is 0 Å². The Balaban J connectivity index is 1.92. The van der Waals surface area contributed by atoms with Gasteiger partial charge in [0.2, 0.25) is 0 Å². The number of aliphatic hydroxyl groups is 1. The van der Waals surface area contributed by atoms with Crippen LogP contribution in [-0.2, 0) is 0 Å². The molecule has 0 saturated carbocycles. The number of benzene rings is 1. The van der Waals surface area contributed by atoms with Crippen molar-refractivity contribution in [1.82, 2.24) is 10.6 Å². The molecule has 0 heterocycles. The van der Waals surface area contributed by atoms with Crippen LogP contribution in [0, 0.1) is 0 Å². The lowest BCUT2D eigenvalue weighted by molar-refractivity contribution is 0.187. The van der Waals surface area contributed by atoms with E-state index >= 15 is 0 Å². The molecule has 1 aromatic carbocycles. The Kier molecular flexibility index (Phi) is 6.27. The molecular formula is C17H25N3O2. The Morgan fingerprint density at radius 2 is 2.00 bits per heavy atom. The van der Waals surface area contributed by atoms with Gasteiger partial charge in [-0.25, -0.2) is 0 Å². The molecule has 1 atom stereocenters. The molecule has 1 aromatic rings. The van der Waals surface area contributed by atoms with E-state index in [1.54, 1.807) is 7.11 Å². The lowest BCUT2D eigenvalue weighted by Crippen LogP contribution is -2.42. The molecule has 120 valence electrons. The molecule has 0 spiro atoms. The summed E-state index contributed by atoms with van der Waals surface area (Å²) in [5.41, 5.74) is 0.836. The number of hydrogen-bond acceptors (Lipinski definition) is 3. The van der Waals surface area contributed by atoms with E-state index < -0.39 is 6.10 Å². The second kappa shape index (κ2) is 8.44. The van der Waals surface area contributed by atoms with Gasteiger partial charge < -0.3 is 20.5 Å². The second-order valence-corrected chi connectivity index (χ2v) is 5.29. The second-order valence-electron chi connectivity index (χ2n) is 5.29. The SMILES string of the molecule is CCNC(=NCC(O)c1ccc(OC)cc1)NC1CC=CC1. The summed E-state index contributed by atoms with van der Waals surface area (Å²) in [6, 6.07) is 7.81. The summed E-state index contributed by atoms with van der Waals surface area (Å²) in [6.07, 6.45) is 5.76. The molecule has 1 aliphatic rings. The van der Waals surface area contributed by atoms with Crippen LogP contribution in [0.4, 0.5) is 0 Å². The summed E-state index contributed by atoms with van der Waals surface area (Å²) in [6.45, 7) is 3.15. The average Bonchev–Trinajstić information content (AvgIpc) is 3.05. The van der Waals surface area contributed by atoms with Crippen LogP contribution in [0.3, 0.4) is 0 Å². The number of methoxy groups -OCH3 is 1. The van der Waals surface area contributed by atoms with E-state index in [1.165, 1.54) is 0 Å². The van der Waals surface area contributed by atoms with Crippen LogP contribution in [0.1, 0.15) is 31.4 Å². The van der Waals surface area contributed by atoms with Gasteiger partial charge in [0, 0.05) is 12.6 Å². The summed E-state index contributed by atoms with van der Waals surface area (Å²) in [5, 5.41) is 16.8. The van der Waals surface area contributed by atoms with Gasteiger partial charge in [-0.05, 0) is 37.5 Å². The standard InChI is InChI=1S/C17H25N3O2/c1-3-18-17(20-14-6-4-5-7-14)19-12-16(21)13-8-10-15(22-2)11-9-13/h4-5,8-11,14,16,21H,3,6-7,12H2,1-2H3,(H2,18,19,20). The third-order valence-corrected chi connectivity index (χ3v) is 3.62. The third kappa shape index (κ3) is 4.77. The smallest absolute Gasteiger partial charge is 0.191 e. The topological polar surface area (TPSA) is 65.9 Å². The van der Waals surface area contributed by atoms with Gasteiger partial charge in [-0.1, -0.05) is 24.3 Å². The molecule has 5 nitrogen and oxygen atoms in total.